The van der Waals surface area contributed by atoms with E-state index in [9.17, 15) is 43.2 Å². The summed E-state index contributed by atoms with van der Waals surface area (Å²) in [5, 5.41) is 10.5. The molecule has 17 nitrogen and oxygen atoms in total. The molecule has 0 aromatic carbocycles. The van der Waals surface area contributed by atoms with Crippen LogP contribution in [0.1, 0.15) is 318 Å². The largest absolute Gasteiger partial charge is 0.472 e. The fraction of sp³-hybridized carbons (Fsp3) is 0.938. The van der Waals surface area contributed by atoms with E-state index in [0.717, 1.165) is 102 Å². The van der Waals surface area contributed by atoms with Crippen LogP contribution < -0.4 is 0 Å². The molecule has 4 unspecified atom stereocenters. The van der Waals surface area contributed by atoms with Crippen molar-refractivity contribution >= 4 is 39.5 Å². The predicted molar refractivity (Wildman–Crippen MR) is 331 cm³/mol. The van der Waals surface area contributed by atoms with Crippen molar-refractivity contribution in [3.8, 4) is 0 Å². The maximum absolute atomic E-state index is 13.0. The van der Waals surface area contributed by atoms with Gasteiger partial charge in [0.1, 0.15) is 19.3 Å². The fourth-order valence-electron chi connectivity index (χ4n) is 9.47. The lowest BCUT2D eigenvalue weighted by molar-refractivity contribution is -0.161. The summed E-state index contributed by atoms with van der Waals surface area (Å²) in [6.07, 6.45) is 38.8. The van der Waals surface area contributed by atoms with E-state index in [2.05, 4.69) is 41.5 Å². The number of carbonyl (C=O) groups excluding carboxylic acids is 4. The van der Waals surface area contributed by atoms with Crippen molar-refractivity contribution in [2.45, 2.75) is 336 Å². The van der Waals surface area contributed by atoms with Crippen LogP contribution in [-0.2, 0) is 65.4 Å². The Morgan fingerprint density at radius 1 is 0.337 bits per heavy atom. The van der Waals surface area contributed by atoms with Gasteiger partial charge in [-0.2, -0.15) is 0 Å². The van der Waals surface area contributed by atoms with Gasteiger partial charge < -0.3 is 33.8 Å². The van der Waals surface area contributed by atoms with Gasteiger partial charge in [-0.05, 0) is 37.5 Å². The van der Waals surface area contributed by atoms with Crippen LogP contribution in [0.5, 0.6) is 0 Å². The number of unbranched alkanes of at least 4 members (excludes halogenated alkanes) is 31. The van der Waals surface area contributed by atoms with Gasteiger partial charge in [0.2, 0.25) is 0 Å². The Hall–Kier alpha value is -1.94. The van der Waals surface area contributed by atoms with Gasteiger partial charge in [-0.15, -0.1) is 0 Å². The lowest BCUT2D eigenvalue weighted by Gasteiger charge is -2.21. The van der Waals surface area contributed by atoms with Crippen molar-refractivity contribution < 1.29 is 80.2 Å². The molecule has 0 saturated carbocycles. The van der Waals surface area contributed by atoms with E-state index in [1.165, 1.54) is 135 Å². The van der Waals surface area contributed by atoms with E-state index in [1.807, 2.05) is 0 Å². The Kier molecular flexibility index (Phi) is 55.2. The lowest BCUT2D eigenvalue weighted by Crippen LogP contribution is -2.30. The van der Waals surface area contributed by atoms with Gasteiger partial charge in [0, 0.05) is 25.7 Å². The van der Waals surface area contributed by atoms with Crippen LogP contribution >= 0.6 is 15.6 Å². The van der Waals surface area contributed by atoms with Gasteiger partial charge in [0.15, 0.2) is 12.2 Å². The number of rotatable bonds is 63. The summed E-state index contributed by atoms with van der Waals surface area (Å²) in [5.41, 5.74) is 0. The quantitative estimate of drug-likeness (QED) is 0.0222. The predicted octanol–water partition coefficient (Wildman–Crippen LogP) is 17.7. The zero-order valence-electron chi connectivity index (χ0n) is 53.5. The first kappa shape index (κ1) is 81.1. The van der Waals surface area contributed by atoms with E-state index in [1.54, 1.807) is 0 Å². The minimum Gasteiger partial charge on any atom is -0.462 e. The highest BCUT2D eigenvalue weighted by atomic mass is 31.2. The third-order valence-electron chi connectivity index (χ3n) is 15.4. The highest BCUT2D eigenvalue weighted by Crippen LogP contribution is 2.45. The normalized spacial score (nSPS) is 15.0. The zero-order chi connectivity index (χ0) is 61.5. The van der Waals surface area contributed by atoms with Crippen molar-refractivity contribution in [3.63, 3.8) is 0 Å². The summed E-state index contributed by atoms with van der Waals surface area (Å²) >= 11 is 0. The Morgan fingerprint density at radius 3 is 0.855 bits per heavy atom. The molecule has 0 heterocycles. The second kappa shape index (κ2) is 56.6. The standard InChI is InChI=1S/C64H124O17P2/c1-7-11-13-15-17-19-21-23-28-35-41-47-62(67)74-52-59(80-63(68)48-42-36-29-25-24-26-32-38-44-56(5)9-3)54-78-82(70,71)76-50-58(65)51-77-83(72,73)79-55-60(81-64(69)49-43-37-31-30-33-39-45-57(6)10-4)53-75-61(66)46-40-34-27-22-20-18-16-14-12-8-2/h56-60,65H,7-55H2,1-6H3,(H,70,71)(H,72,73)/t56?,57?,58-,59-,60-/m1/s1. The highest BCUT2D eigenvalue weighted by molar-refractivity contribution is 7.47. The molecule has 0 rings (SSSR count). The number of hydrogen-bond acceptors (Lipinski definition) is 15. The topological polar surface area (TPSA) is 237 Å². The van der Waals surface area contributed by atoms with E-state index in [4.69, 9.17) is 37.0 Å². The van der Waals surface area contributed by atoms with Crippen molar-refractivity contribution in [1.82, 2.24) is 0 Å². The highest BCUT2D eigenvalue weighted by Gasteiger charge is 2.30. The fourth-order valence-corrected chi connectivity index (χ4v) is 11.0. The Balaban J connectivity index is 5.26. The minimum atomic E-state index is -4.94. The summed E-state index contributed by atoms with van der Waals surface area (Å²) in [6, 6.07) is 0. The SMILES string of the molecule is CCCCCCCCCCCCCC(=O)OC[C@H](COP(=O)(O)OC[C@@H](O)COP(=O)(O)OC[C@@H](COC(=O)CCCCCCCCCCCC)OC(=O)CCCCCCCCC(C)CC)OC(=O)CCCCCCCCCCC(C)CC. The van der Waals surface area contributed by atoms with Crippen molar-refractivity contribution in [1.29, 1.82) is 0 Å². The lowest BCUT2D eigenvalue weighted by atomic mass is 9.99. The van der Waals surface area contributed by atoms with Crippen LogP contribution in [0.4, 0.5) is 0 Å². The number of aliphatic hydroxyl groups excluding tert-OH is 1. The number of carbonyl (C=O) groups is 4. The number of ether oxygens (including phenoxy) is 4. The van der Waals surface area contributed by atoms with Gasteiger partial charge in [-0.25, -0.2) is 9.13 Å². The zero-order valence-corrected chi connectivity index (χ0v) is 55.3. The molecule has 83 heavy (non-hydrogen) atoms. The number of hydrogen-bond donors (Lipinski definition) is 3. The maximum atomic E-state index is 13.0. The molecule has 0 spiro atoms. The molecule has 0 saturated heterocycles. The Bertz CT molecular complexity index is 1640. The molecule has 7 atom stereocenters. The number of phosphoric ester groups is 2. The summed E-state index contributed by atoms with van der Waals surface area (Å²) in [6.45, 7) is 9.43. The molecule has 0 aromatic heterocycles. The molecule has 0 radical (unpaired) electrons. The van der Waals surface area contributed by atoms with Gasteiger partial charge in [0.05, 0.1) is 26.4 Å². The van der Waals surface area contributed by atoms with E-state index < -0.39 is 97.5 Å². The number of aliphatic hydroxyl groups is 1. The molecule has 19 heteroatoms. The number of phosphoric acid groups is 2. The van der Waals surface area contributed by atoms with Crippen LogP contribution in [0, 0.1) is 11.8 Å². The molecule has 0 aliphatic heterocycles. The first-order valence-electron chi connectivity index (χ1n) is 33.6. The Labute approximate surface area is 505 Å². The van der Waals surface area contributed by atoms with Crippen molar-refractivity contribution in [2.75, 3.05) is 39.6 Å². The summed E-state index contributed by atoms with van der Waals surface area (Å²) in [5.74, 6) is -0.647. The number of esters is 4. The molecule has 0 bridgehead atoms. The van der Waals surface area contributed by atoms with Crippen LogP contribution in [-0.4, -0.2) is 96.7 Å². The van der Waals surface area contributed by atoms with Crippen LogP contribution in [0.3, 0.4) is 0 Å². The van der Waals surface area contributed by atoms with Crippen LogP contribution in [0.15, 0.2) is 0 Å². The summed E-state index contributed by atoms with van der Waals surface area (Å²) < 4.78 is 68.0. The molecule has 0 aliphatic carbocycles. The van der Waals surface area contributed by atoms with Crippen molar-refractivity contribution in [3.05, 3.63) is 0 Å². The molecule has 0 fully saturated rings. The van der Waals surface area contributed by atoms with Crippen LogP contribution in [0.2, 0.25) is 0 Å². The van der Waals surface area contributed by atoms with Gasteiger partial charge in [-0.3, -0.25) is 37.3 Å². The molecule has 0 amide bonds. The molecule has 3 N–H and O–H groups in total. The maximum Gasteiger partial charge on any atom is 0.472 e. The monoisotopic (exact) mass is 1230 g/mol. The molecule has 0 aliphatic rings. The third-order valence-corrected chi connectivity index (χ3v) is 17.3. The van der Waals surface area contributed by atoms with E-state index in [-0.39, 0.29) is 25.7 Å². The second-order valence-electron chi connectivity index (χ2n) is 23.6. The molecule has 492 valence electrons. The molecular weight excluding hydrogens is 1100 g/mol. The average molecular weight is 1230 g/mol. The van der Waals surface area contributed by atoms with Crippen molar-refractivity contribution in [2.24, 2.45) is 11.8 Å². The van der Waals surface area contributed by atoms with E-state index >= 15 is 0 Å². The molecular formula is C64H124O17P2. The minimum absolute atomic E-state index is 0.103. The van der Waals surface area contributed by atoms with Gasteiger partial charge >= 0.3 is 39.5 Å². The van der Waals surface area contributed by atoms with Gasteiger partial charge in [0.25, 0.3) is 0 Å². The first-order chi connectivity index (χ1) is 39.9. The van der Waals surface area contributed by atoms with Crippen LogP contribution in [0.25, 0.3) is 0 Å². The Morgan fingerprint density at radius 2 is 0.578 bits per heavy atom. The van der Waals surface area contributed by atoms with Gasteiger partial charge in [-0.1, -0.05) is 266 Å². The summed E-state index contributed by atoms with van der Waals surface area (Å²) in [7, 11) is -9.89. The first-order valence-corrected chi connectivity index (χ1v) is 36.6. The molecule has 0 aromatic rings. The summed E-state index contributed by atoms with van der Waals surface area (Å²) in [4.78, 5) is 72.2. The second-order valence-corrected chi connectivity index (χ2v) is 26.5. The average Bonchev–Trinajstić information content (AvgIpc) is 3.47. The third kappa shape index (κ3) is 56.3. The smallest absolute Gasteiger partial charge is 0.462 e. The van der Waals surface area contributed by atoms with E-state index in [0.29, 0.717) is 25.7 Å².